The van der Waals surface area contributed by atoms with E-state index in [1.54, 1.807) is 6.07 Å². The molecule has 0 spiro atoms. The topological polar surface area (TPSA) is 58.6 Å². The van der Waals surface area contributed by atoms with Gasteiger partial charge in [0.1, 0.15) is 12.4 Å². The van der Waals surface area contributed by atoms with Crippen molar-refractivity contribution in [3.05, 3.63) is 23.3 Å². The maximum absolute atomic E-state index is 10.9. The van der Waals surface area contributed by atoms with Gasteiger partial charge in [-0.15, -0.1) is 0 Å². The average Bonchev–Trinajstić information content (AvgIpc) is 2.16. The van der Waals surface area contributed by atoms with Crippen molar-refractivity contribution in [3.63, 3.8) is 0 Å². The largest absolute Gasteiger partial charge is 0.490 e. The summed E-state index contributed by atoms with van der Waals surface area (Å²) < 4.78 is 5.37. The molecule has 1 aromatic carbocycles. The van der Waals surface area contributed by atoms with E-state index in [1.165, 1.54) is 0 Å². The van der Waals surface area contributed by atoms with Crippen LogP contribution in [0, 0.1) is 6.92 Å². The van der Waals surface area contributed by atoms with E-state index in [0.717, 1.165) is 5.56 Å². The second kappa shape index (κ2) is 3.21. The molecule has 2 rings (SSSR count). The maximum atomic E-state index is 10.9. The molecule has 1 aliphatic heterocycles. The highest BCUT2D eigenvalue weighted by atomic mass is 16.5. The molecule has 0 atom stereocenters. The Morgan fingerprint density at radius 1 is 1.57 bits per heavy atom. The molecule has 0 aliphatic carbocycles. The van der Waals surface area contributed by atoms with Gasteiger partial charge in [0.2, 0.25) is 0 Å². The molecule has 0 aromatic heterocycles. The molecule has 4 heteroatoms. The van der Waals surface area contributed by atoms with E-state index in [4.69, 9.17) is 9.84 Å². The second-order valence-corrected chi connectivity index (χ2v) is 3.27. The van der Waals surface area contributed by atoms with Gasteiger partial charge >= 0.3 is 5.97 Å². The Balaban J connectivity index is 2.58. The summed E-state index contributed by atoms with van der Waals surface area (Å²) in [5.41, 5.74) is 1.76. The number of anilines is 1. The number of fused-ring (bicyclic) bond motifs is 1. The third kappa shape index (κ3) is 1.39. The van der Waals surface area contributed by atoms with Crippen LogP contribution >= 0.6 is 0 Å². The van der Waals surface area contributed by atoms with Crippen molar-refractivity contribution in [3.8, 4) is 5.75 Å². The molecule has 0 amide bonds. The van der Waals surface area contributed by atoms with Crippen LogP contribution in [0.1, 0.15) is 15.9 Å². The highest BCUT2D eigenvalue weighted by Crippen LogP contribution is 2.32. The molecule has 0 saturated carbocycles. The van der Waals surface area contributed by atoms with Crippen molar-refractivity contribution in [2.24, 2.45) is 0 Å². The van der Waals surface area contributed by atoms with Crippen LogP contribution < -0.4 is 10.1 Å². The molecule has 0 saturated heterocycles. The molecular formula is C10H11NO3. The van der Waals surface area contributed by atoms with Gasteiger partial charge in [0.15, 0.2) is 0 Å². The first kappa shape index (κ1) is 8.87. The average molecular weight is 193 g/mol. The zero-order valence-electron chi connectivity index (χ0n) is 7.83. The summed E-state index contributed by atoms with van der Waals surface area (Å²) in [6.07, 6.45) is 0. The standard InChI is InChI=1S/C10H11NO3/c1-6-4-7(10(12)13)9-8(5-6)14-3-2-11-9/h4-5,11H,2-3H2,1H3,(H,12,13). The molecular weight excluding hydrogens is 182 g/mol. The fourth-order valence-corrected chi connectivity index (χ4v) is 1.56. The highest BCUT2D eigenvalue weighted by Gasteiger charge is 2.18. The summed E-state index contributed by atoms with van der Waals surface area (Å²) in [4.78, 5) is 10.9. The lowest BCUT2D eigenvalue weighted by molar-refractivity contribution is 0.0697. The van der Waals surface area contributed by atoms with Gasteiger partial charge in [-0.25, -0.2) is 4.79 Å². The van der Waals surface area contributed by atoms with Gasteiger partial charge in [0.25, 0.3) is 0 Å². The van der Waals surface area contributed by atoms with E-state index in [9.17, 15) is 4.79 Å². The number of carboxylic acids is 1. The summed E-state index contributed by atoms with van der Waals surface area (Å²) >= 11 is 0. The van der Waals surface area contributed by atoms with Gasteiger partial charge in [-0.2, -0.15) is 0 Å². The van der Waals surface area contributed by atoms with Crippen LogP contribution in [0.2, 0.25) is 0 Å². The van der Waals surface area contributed by atoms with Crippen molar-refractivity contribution in [1.29, 1.82) is 0 Å². The maximum Gasteiger partial charge on any atom is 0.337 e. The van der Waals surface area contributed by atoms with Gasteiger partial charge in [0.05, 0.1) is 11.3 Å². The summed E-state index contributed by atoms with van der Waals surface area (Å²) in [7, 11) is 0. The number of carbonyl (C=O) groups is 1. The summed E-state index contributed by atoms with van der Waals surface area (Å²) in [6.45, 7) is 3.08. The molecule has 74 valence electrons. The van der Waals surface area contributed by atoms with Crippen molar-refractivity contribution in [1.82, 2.24) is 0 Å². The predicted molar refractivity (Wildman–Crippen MR) is 52.1 cm³/mol. The van der Waals surface area contributed by atoms with Crippen molar-refractivity contribution >= 4 is 11.7 Å². The lowest BCUT2D eigenvalue weighted by Crippen LogP contribution is -2.20. The minimum Gasteiger partial charge on any atom is -0.490 e. The smallest absolute Gasteiger partial charge is 0.337 e. The molecule has 0 bridgehead atoms. The Bertz CT molecular complexity index is 387. The summed E-state index contributed by atoms with van der Waals surface area (Å²) in [5, 5.41) is 12.0. The first-order valence-corrected chi connectivity index (χ1v) is 4.43. The molecule has 4 nitrogen and oxygen atoms in total. The Morgan fingerprint density at radius 3 is 3.07 bits per heavy atom. The SMILES string of the molecule is Cc1cc2c(c(C(=O)O)c1)NCCO2. The molecule has 2 N–H and O–H groups in total. The number of hydrogen-bond donors (Lipinski definition) is 2. The van der Waals surface area contributed by atoms with Crippen LogP contribution in [0.4, 0.5) is 5.69 Å². The van der Waals surface area contributed by atoms with Gasteiger partial charge in [-0.3, -0.25) is 0 Å². The van der Waals surface area contributed by atoms with E-state index in [1.807, 2.05) is 13.0 Å². The molecule has 1 aromatic rings. The Kier molecular flexibility index (Phi) is 2.04. The highest BCUT2D eigenvalue weighted by molar-refractivity contribution is 5.96. The normalized spacial score (nSPS) is 13.8. The van der Waals surface area contributed by atoms with Gasteiger partial charge < -0.3 is 15.2 Å². The van der Waals surface area contributed by atoms with E-state index >= 15 is 0 Å². The molecule has 1 aliphatic rings. The molecule has 0 fully saturated rings. The lowest BCUT2D eigenvalue weighted by Gasteiger charge is -2.21. The number of aryl methyl sites for hydroxylation is 1. The second-order valence-electron chi connectivity index (χ2n) is 3.27. The van der Waals surface area contributed by atoms with Crippen molar-refractivity contribution in [2.75, 3.05) is 18.5 Å². The third-order valence-corrected chi connectivity index (χ3v) is 2.14. The zero-order valence-corrected chi connectivity index (χ0v) is 7.83. The van der Waals surface area contributed by atoms with Crippen molar-refractivity contribution < 1.29 is 14.6 Å². The zero-order chi connectivity index (χ0) is 10.1. The molecule has 0 unspecified atom stereocenters. The fraction of sp³-hybridized carbons (Fsp3) is 0.300. The summed E-state index contributed by atoms with van der Waals surface area (Å²) in [5.74, 6) is -0.295. The van der Waals surface area contributed by atoms with Crippen LogP contribution in [0.3, 0.4) is 0 Å². The van der Waals surface area contributed by atoms with Gasteiger partial charge in [-0.1, -0.05) is 0 Å². The number of aromatic carboxylic acids is 1. The quantitative estimate of drug-likeness (QED) is 0.709. The number of hydrogen-bond acceptors (Lipinski definition) is 3. The number of rotatable bonds is 1. The minimum atomic E-state index is -0.928. The lowest BCUT2D eigenvalue weighted by atomic mass is 10.1. The van der Waals surface area contributed by atoms with Crippen LogP contribution in [-0.2, 0) is 0 Å². The van der Waals surface area contributed by atoms with E-state index in [0.29, 0.717) is 24.6 Å². The van der Waals surface area contributed by atoms with Gasteiger partial charge in [0, 0.05) is 6.54 Å². The first-order chi connectivity index (χ1) is 6.68. The number of ether oxygens (including phenoxy) is 1. The Morgan fingerprint density at radius 2 is 2.36 bits per heavy atom. The monoisotopic (exact) mass is 193 g/mol. The number of carboxylic acid groups (broad SMARTS) is 1. The van der Waals surface area contributed by atoms with Crippen molar-refractivity contribution in [2.45, 2.75) is 6.92 Å². The number of benzene rings is 1. The molecule has 14 heavy (non-hydrogen) atoms. The first-order valence-electron chi connectivity index (χ1n) is 4.43. The van der Waals surface area contributed by atoms with Gasteiger partial charge in [-0.05, 0) is 24.6 Å². The Hall–Kier alpha value is -1.71. The summed E-state index contributed by atoms with van der Waals surface area (Å²) in [6, 6.07) is 3.48. The van der Waals surface area contributed by atoms with Crippen LogP contribution in [0.15, 0.2) is 12.1 Å². The third-order valence-electron chi connectivity index (χ3n) is 2.14. The van der Waals surface area contributed by atoms with E-state index < -0.39 is 5.97 Å². The fourth-order valence-electron chi connectivity index (χ4n) is 1.56. The number of nitrogens with one attached hydrogen (secondary N) is 1. The molecule has 0 radical (unpaired) electrons. The van der Waals surface area contributed by atoms with Crippen LogP contribution in [0.25, 0.3) is 0 Å². The predicted octanol–water partition coefficient (Wildman–Crippen LogP) is 1.50. The van der Waals surface area contributed by atoms with E-state index in [2.05, 4.69) is 5.32 Å². The Labute approximate surface area is 81.5 Å². The van der Waals surface area contributed by atoms with E-state index in [-0.39, 0.29) is 5.56 Å². The van der Waals surface area contributed by atoms with Crippen LogP contribution in [0.5, 0.6) is 5.75 Å². The van der Waals surface area contributed by atoms with Crippen LogP contribution in [-0.4, -0.2) is 24.2 Å². The molecule has 1 heterocycles. The minimum absolute atomic E-state index is 0.278.